The van der Waals surface area contributed by atoms with Crippen LogP contribution in [0.5, 0.6) is 0 Å². The molecule has 0 saturated carbocycles. The van der Waals surface area contributed by atoms with Crippen LogP contribution in [0.25, 0.3) is 0 Å². The molecule has 0 fully saturated rings. The summed E-state index contributed by atoms with van der Waals surface area (Å²) in [6.45, 7) is 0.150. The molecule has 0 aliphatic carbocycles. The Kier molecular flexibility index (Phi) is 5.06. The molecule has 1 aliphatic rings. The number of nitrogens with zero attached hydrogens (tertiary/aromatic N) is 1. The zero-order valence-electron chi connectivity index (χ0n) is 15.3. The molecule has 29 heavy (non-hydrogen) atoms. The van der Waals surface area contributed by atoms with Crippen LogP contribution in [0, 0.1) is 0 Å². The number of benzene rings is 3. The van der Waals surface area contributed by atoms with Crippen molar-refractivity contribution in [1.82, 2.24) is 0 Å². The minimum Gasteiger partial charge on any atom is -0.373 e. The second-order valence-corrected chi connectivity index (χ2v) is 7.81. The van der Waals surface area contributed by atoms with E-state index < -0.39 is 23.5 Å². The van der Waals surface area contributed by atoms with E-state index >= 15 is 4.39 Å². The van der Waals surface area contributed by atoms with Crippen LogP contribution in [-0.2, 0) is 16.9 Å². The van der Waals surface area contributed by atoms with Crippen molar-refractivity contribution in [1.29, 1.82) is 0 Å². The van der Waals surface area contributed by atoms with E-state index in [1.54, 1.807) is 30.3 Å². The number of rotatable bonds is 5. The Bertz CT molecular complexity index is 1070. The molecule has 3 aromatic rings. The van der Waals surface area contributed by atoms with Gasteiger partial charge in [-0.05, 0) is 17.7 Å². The van der Waals surface area contributed by atoms with Gasteiger partial charge in [0.15, 0.2) is 0 Å². The topological polar surface area (TPSA) is 57.6 Å². The van der Waals surface area contributed by atoms with Gasteiger partial charge in [0, 0.05) is 15.6 Å². The first-order valence-corrected chi connectivity index (χ1v) is 9.84. The van der Waals surface area contributed by atoms with Crippen LogP contribution in [0.3, 0.4) is 0 Å². The van der Waals surface area contributed by atoms with E-state index in [1.807, 2.05) is 30.3 Å². The monoisotopic (exact) mass is 453 g/mol. The number of anilines is 1. The van der Waals surface area contributed by atoms with E-state index in [0.717, 1.165) is 5.56 Å². The summed E-state index contributed by atoms with van der Waals surface area (Å²) in [5.41, 5.74) is -1.21. The van der Waals surface area contributed by atoms with Gasteiger partial charge in [-0.25, -0.2) is 4.39 Å². The Labute approximate surface area is 175 Å². The molecule has 6 heteroatoms. The van der Waals surface area contributed by atoms with Gasteiger partial charge in [0.2, 0.25) is 17.6 Å². The average Bonchev–Trinajstić information content (AvgIpc) is 2.96. The molecule has 0 spiro atoms. The zero-order valence-corrected chi connectivity index (χ0v) is 16.8. The summed E-state index contributed by atoms with van der Waals surface area (Å²) in [7, 11) is 0. The van der Waals surface area contributed by atoms with Crippen LogP contribution < -0.4 is 4.90 Å². The summed E-state index contributed by atoms with van der Waals surface area (Å²) in [4.78, 5) is 27.3. The van der Waals surface area contributed by atoms with Crippen LogP contribution in [0.1, 0.15) is 21.5 Å². The maximum absolute atomic E-state index is 15.5. The lowest BCUT2D eigenvalue weighted by Gasteiger charge is -2.26. The number of ketones is 1. The minimum absolute atomic E-state index is 0.0819. The smallest absolute Gasteiger partial charge is 0.267 e. The van der Waals surface area contributed by atoms with Gasteiger partial charge in [-0.15, -0.1) is 0 Å². The fourth-order valence-corrected chi connectivity index (χ4v) is 3.94. The number of aliphatic hydroxyl groups is 1. The standard InChI is InChI=1S/C23H17BrFNO3/c24-17-11-12-18-19(13-17)26(14-15-7-3-1-4-8-15)22(28)23(18,29)21(25)20(27)16-9-5-2-6-10-16/h1-13,21,29H,14H2/t21-,23-/m1/s1. The zero-order chi connectivity index (χ0) is 20.6. The molecule has 0 bridgehead atoms. The third-order valence-electron chi connectivity index (χ3n) is 5.07. The van der Waals surface area contributed by atoms with Gasteiger partial charge in [-0.2, -0.15) is 0 Å². The lowest BCUT2D eigenvalue weighted by Crippen LogP contribution is -2.49. The third-order valence-corrected chi connectivity index (χ3v) is 5.56. The van der Waals surface area contributed by atoms with Crippen molar-refractivity contribution in [3.05, 3.63) is 100 Å². The number of fused-ring (bicyclic) bond motifs is 1. The number of Topliss-reactive ketones (excluding diaryl/α,β-unsaturated/α-hetero) is 1. The quantitative estimate of drug-likeness (QED) is 0.582. The molecule has 0 unspecified atom stereocenters. The van der Waals surface area contributed by atoms with Crippen molar-refractivity contribution in [2.45, 2.75) is 18.3 Å². The summed E-state index contributed by atoms with van der Waals surface area (Å²) in [6, 6.07) is 21.8. The van der Waals surface area contributed by atoms with Gasteiger partial charge in [-0.1, -0.05) is 82.7 Å². The molecule has 1 heterocycles. The second kappa shape index (κ2) is 7.54. The Hall–Kier alpha value is -2.83. The lowest BCUT2D eigenvalue weighted by atomic mass is 9.86. The Morgan fingerprint density at radius 1 is 1.03 bits per heavy atom. The minimum atomic E-state index is -2.59. The lowest BCUT2D eigenvalue weighted by molar-refractivity contribution is -0.141. The summed E-state index contributed by atoms with van der Waals surface area (Å²) < 4.78 is 16.1. The SMILES string of the molecule is O=C(c1ccccc1)[C@@H](F)[C@@]1(O)C(=O)N(Cc2ccccc2)c2cc(Br)ccc21. The second-order valence-electron chi connectivity index (χ2n) is 6.90. The first kappa shape index (κ1) is 19.5. The highest BCUT2D eigenvalue weighted by atomic mass is 79.9. The van der Waals surface area contributed by atoms with Crippen LogP contribution >= 0.6 is 15.9 Å². The summed E-state index contributed by atoms with van der Waals surface area (Å²) in [6.07, 6.45) is -2.43. The molecule has 1 amide bonds. The maximum atomic E-state index is 15.5. The van der Waals surface area contributed by atoms with Crippen molar-refractivity contribution in [3.63, 3.8) is 0 Å². The predicted molar refractivity (Wildman–Crippen MR) is 111 cm³/mol. The van der Waals surface area contributed by atoms with Gasteiger partial charge in [0.25, 0.3) is 5.91 Å². The molecule has 1 N–H and O–H groups in total. The number of halogens is 2. The van der Waals surface area contributed by atoms with Gasteiger partial charge >= 0.3 is 0 Å². The molecule has 4 rings (SSSR count). The van der Waals surface area contributed by atoms with Gasteiger partial charge < -0.3 is 10.0 Å². The van der Waals surface area contributed by atoms with Crippen LogP contribution in [0.15, 0.2) is 83.3 Å². The first-order chi connectivity index (χ1) is 13.9. The molecular weight excluding hydrogens is 437 g/mol. The van der Waals surface area contributed by atoms with E-state index in [1.165, 1.54) is 23.1 Å². The highest BCUT2D eigenvalue weighted by Gasteiger charge is 2.58. The van der Waals surface area contributed by atoms with Gasteiger partial charge in [-0.3, -0.25) is 9.59 Å². The van der Waals surface area contributed by atoms with Crippen LogP contribution in [-0.4, -0.2) is 23.0 Å². The number of hydrogen-bond donors (Lipinski definition) is 1. The number of carbonyl (C=O) groups is 2. The molecule has 0 saturated heterocycles. The van der Waals surface area contributed by atoms with E-state index in [-0.39, 0.29) is 17.7 Å². The Morgan fingerprint density at radius 3 is 2.31 bits per heavy atom. The summed E-state index contributed by atoms with van der Waals surface area (Å²) in [5, 5.41) is 11.2. The van der Waals surface area contributed by atoms with E-state index in [2.05, 4.69) is 15.9 Å². The molecule has 0 aromatic heterocycles. The van der Waals surface area contributed by atoms with E-state index in [0.29, 0.717) is 10.2 Å². The fourth-order valence-electron chi connectivity index (χ4n) is 3.59. The fraction of sp³-hybridized carbons (Fsp3) is 0.130. The van der Waals surface area contributed by atoms with E-state index in [9.17, 15) is 14.7 Å². The summed E-state index contributed by atoms with van der Waals surface area (Å²) >= 11 is 3.36. The molecule has 4 nitrogen and oxygen atoms in total. The summed E-state index contributed by atoms with van der Waals surface area (Å²) in [5.74, 6) is -1.79. The highest BCUT2D eigenvalue weighted by molar-refractivity contribution is 9.10. The van der Waals surface area contributed by atoms with Crippen LogP contribution in [0.4, 0.5) is 10.1 Å². The van der Waals surface area contributed by atoms with Crippen molar-refractivity contribution in [2.75, 3.05) is 4.90 Å². The number of carbonyl (C=O) groups excluding carboxylic acids is 2. The first-order valence-electron chi connectivity index (χ1n) is 9.04. The van der Waals surface area contributed by atoms with Gasteiger partial charge in [0.1, 0.15) is 0 Å². The van der Waals surface area contributed by atoms with Crippen molar-refractivity contribution in [3.8, 4) is 0 Å². The molecule has 146 valence electrons. The average molecular weight is 454 g/mol. The van der Waals surface area contributed by atoms with Crippen molar-refractivity contribution in [2.24, 2.45) is 0 Å². The molecule has 0 radical (unpaired) electrons. The largest absolute Gasteiger partial charge is 0.373 e. The van der Waals surface area contributed by atoms with Crippen molar-refractivity contribution < 1.29 is 19.1 Å². The number of amides is 1. The maximum Gasteiger partial charge on any atom is 0.267 e. The van der Waals surface area contributed by atoms with Crippen LogP contribution in [0.2, 0.25) is 0 Å². The Balaban J connectivity index is 1.77. The number of hydrogen-bond acceptors (Lipinski definition) is 3. The molecule has 1 aliphatic heterocycles. The highest BCUT2D eigenvalue weighted by Crippen LogP contribution is 2.45. The van der Waals surface area contributed by atoms with Gasteiger partial charge in [0.05, 0.1) is 12.2 Å². The normalized spacial score (nSPS) is 19.1. The number of alkyl halides is 1. The molecule has 2 atom stereocenters. The predicted octanol–water partition coefficient (Wildman–Crippen LogP) is 4.40. The molecule has 3 aromatic carbocycles. The molecular formula is C23H17BrFNO3. The Morgan fingerprint density at radius 2 is 1.66 bits per heavy atom. The van der Waals surface area contributed by atoms with E-state index in [4.69, 9.17) is 0 Å². The third kappa shape index (κ3) is 3.28. The van der Waals surface area contributed by atoms with Crippen molar-refractivity contribution >= 4 is 33.3 Å².